The molecule has 2 aliphatic rings. The molecule has 1 atom stereocenters. The van der Waals surface area contributed by atoms with E-state index in [0.29, 0.717) is 18.2 Å². The van der Waals surface area contributed by atoms with Gasteiger partial charge in [0.15, 0.2) is 0 Å². The van der Waals surface area contributed by atoms with Crippen LogP contribution < -0.4 is 10.6 Å². The maximum absolute atomic E-state index is 12.2. The summed E-state index contributed by atoms with van der Waals surface area (Å²) in [5.74, 6) is 0.481. The van der Waals surface area contributed by atoms with Crippen molar-refractivity contribution in [3.8, 4) is 0 Å². The van der Waals surface area contributed by atoms with Gasteiger partial charge < -0.3 is 10.6 Å². The number of nitrogens with one attached hydrogen (secondary N) is 3. The number of carbonyl (C=O) groups is 1. The predicted molar refractivity (Wildman–Crippen MR) is 91.0 cm³/mol. The molecule has 2 heterocycles. The lowest BCUT2D eigenvalue weighted by atomic mass is 9.94. The summed E-state index contributed by atoms with van der Waals surface area (Å²) in [7, 11) is 0. The van der Waals surface area contributed by atoms with Gasteiger partial charge >= 0.3 is 0 Å². The minimum atomic E-state index is -0.104. The molecule has 2 aromatic rings. The lowest BCUT2D eigenvalue weighted by Crippen LogP contribution is -2.38. The Morgan fingerprint density at radius 2 is 2.13 bits per heavy atom. The van der Waals surface area contributed by atoms with Gasteiger partial charge in [-0.05, 0) is 43.0 Å². The predicted octanol–water partition coefficient (Wildman–Crippen LogP) is 2.33. The van der Waals surface area contributed by atoms with Crippen molar-refractivity contribution in [3.05, 3.63) is 52.8 Å². The van der Waals surface area contributed by atoms with E-state index in [1.165, 1.54) is 24.0 Å². The number of rotatable bonds is 4. The van der Waals surface area contributed by atoms with Gasteiger partial charge in [-0.1, -0.05) is 24.3 Å². The van der Waals surface area contributed by atoms with E-state index in [0.717, 1.165) is 18.7 Å². The summed E-state index contributed by atoms with van der Waals surface area (Å²) >= 11 is 0. The van der Waals surface area contributed by atoms with E-state index in [-0.39, 0.29) is 24.4 Å². The summed E-state index contributed by atoms with van der Waals surface area (Å²) in [5, 5.41) is 13.6. The maximum atomic E-state index is 12.2. The van der Waals surface area contributed by atoms with E-state index in [1.807, 2.05) is 6.07 Å². The number of hydrogen-bond donors (Lipinski definition) is 3. The highest BCUT2D eigenvalue weighted by atomic mass is 35.5. The topological polar surface area (TPSA) is 69.8 Å². The molecule has 1 fully saturated rings. The first-order valence-corrected chi connectivity index (χ1v) is 7.96. The molecule has 1 saturated carbocycles. The number of halogens is 1. The van der Waals surface area contributed by atoms with Gasteiger partial charge in [0.05, 0.1) is 0 Å². The van der Waals surface area contributed by atoms with Crippen LogP contribution in [0.3, 0.4) is 0 Å². The molecule has 0 spiro atoms. The van der Waals surface area contributed by atoms with Gasteiger partial charge in [0, 0.05) is 24.2 Å². The Balaban J connectivity index is 0.00000156. The van der Waals surface area contributed by atoms with Crippen LogP contribution in [0.2, 0.25) is 0 Å². The van der Waals surface area contributed by atoms with Crippen molar-refractivity contribution in [2.45, 2.75) is 31.2 Å². The fraction of sp³-hybridized carbons (Fsp3) is 0.412. The van der Waals surface area contributed by atoms with Gasteiger partial charge in [-0.2, -0.15) is 5.10 Å². The Hall–Kier alpha value is -1.85. The van der Waals surface area contributed by atoms with Gasteiger partial charge in [-0.3, -0.25) is 9.89 Å². The van der Waals surface area contributed by atoms with Crippen LogP contribution in [0, 0.1) is 0 Å². The van der Waals surface area contributed by atoms with E-state index in [9.17, 15) is 4.79 Å². The Bertz CT molecular complexity index is 695. The van der Waals surface area contributed by atoms with Crippen LogP contribution in [0.5, 0.6) is 0 Å². The number of H-pyrrole nitrogens is 1. The third-order valence-corrected chi connectivity index (χ3v) is 4.53. The normalized spacial score (nSPS) is 19.6. The SMILES string of the molecule is Cl.O=C(NCC1NCCc2ccccc21)c1cc(C2CC2)[nH]n1. The number of amides is 1. The van der Waals surface area contributed by atoms with E-state index >= 15 is 0 Å². The highest BCUT2D eigenvalue weighted by molar-refractivity contribution is 5.92. The monoisotopic (exact) mass is 332 g/mol. The zero-order chi connectivity index (χ0) is 14.9. The Morgan fingerprint density at radius 1 is 1.30 bits per heavy atom. The van der Waals surface area contributed by atoms with Crippen molar-refractivity contribution < 1.29 is 4.79 Å². The summed E-state index contributed by atoms with van der Waals surface area (Å²) in [6.07, 6.45) is 3.45. The second kappa shape index (κ2) is 6.72. The molecule has 1 unspecified atom stereocenters. The van der Waals surface area contributed by atoms with Crippen molar-refractivity contribution in [1.29, 1.82) is 0 Å². The molecular formula is C17H21ClN4O. The minimum Gasteiger partial charge on any atom is -0.349 e. The van der Waals surface area contributed by atoms with E-state index in [4.69, 9.17) is 0 Å². The van der Waals surface area contributed by atoms with Crippen molar-refractivity contribution in [2.75, 3.05) is 13.1 Å². The average Bonchev–Trinajstić information content (AvgIpc) is 3.29. The molecule has 1 aromatic carbocycles. The molecule has 1 aliphatic heterocycles. The first kappa shape index (κ1) is 16.0. The number of hydrogen-bond acceptors (Lipinski definition) is 3. The molecule has 0 saturated heterocycles. The van der Waals surface area contributed by atoms with Crippen LogP contribution in [0.1, 0.15) is 52.1 Å². The molecule has 0 radical (unpaired) electrons. The molecule has 5 nitrogen and oxygen atoms in total. The molecule has 3 N–H and O–H groups in total. The van der Waals surface area contributed by atoms with Gasteiger partial charge in [0.2, 0.25) is 0 Å². The highest BCUT2D eigenvalue weighted by Gasteiger charge is 2.27. The second-order valence-corrected chi connectivity index (χ2v) is 6.15. The zero-order valence-electron chi connectivity index (χ0n) is 12.8. The molecule has 1 aromatic heterocycles. The first-order valence-electron chi connectivity index (χ1n) is 7.96. The van der Waals surface area contributed by atoms with Gasteiger partial charge in [0.25, 0.3) is 5.91 Å². The highest BCUT2D eigenvalue weighted by Crippen LogP contribution is 2.38. The van der Waals surface area contributed by atoms with E-state index in [2.05, 4.69) is 45.1 Å². The molecule has 6 heteroatoms. The third kappa shape index (κ3) is 3.41. The van der Waals surface area contributed by atoms with Crippen molar-refractivity contribution in [1.82, 2.24) is 20.8 Å². The largest absolute Gasteiger partial charge is 0.349 e. The van der Waals surface area contributed by atoms with Crippen LogP contribution in [0.4, 0.5) is 0 Å². The fourth-order valence-corrected chi connectivity index (χ4v) is 3.12. The minimum absolute atomic E-state index is 0. The molecule has 122 valence electrons. The van der Waals surface area contributed by atoms with Gasteiger partial charge in [-0.25, -0.2) is 0 Å². The summed E-state index contributed by atoms with van der Waals surface area (Å²) in [4.78, 5) is 12.2. The van der Waals surface area contributed by atoms with Crippen LogP contribution in [-0.2, 0) is 6.42 Å². The summed E-state index contributed by atoms with van der Waals surface area (Å²) in [6.45, 7) is 1.53. The van der Waals surface area contributed by atoms with Crippen molar-refractivity contribution in [3.63, 3.8) is 0 Å². The molecule has 1 aliphatic carbocycles. The first-order chi connectivity index (χ1) is 10.8. The molecule has 0 bridgehead atoms. The van der Waals surface area contributed by atoms with E-state index < -0.39 is 0 Å². The Morgan fingerprint density at radius 3 is 2.96 bits per heavy atom. The number of aromatic amines is 1. The maximum Gasteiger partial charge on any atom is 0.271 e. The van der Waals surface area contributed by atoms with Gasteiger partial charge in [0.1, 0.15) is 5.69 Å². The van der Waals surface area contributed by atoms with Crippen molar-refractivity contribution in [2.24, 2.45) is 0 Å². The Kier molecular flexibility index (Phi) is 4.68. The quantitative estimate of drug-likeness (QED) is 0.804. The molecule has 23 heavy (non-hydrogen) atoms. The Labute approximate surface area is 141 Å². The molecular weight excluding hydrogens is 312 g/mol. The molecule has 1 amide bonds. The van der Waals surface area contributed by atoms with Crippen LogP contribution >= 0.6 is 12.4 Å². The summed E-state index contributed by atoms with van der Waals surface area (Å²) < 4.78 is 0. The van der Waals surface area contributed by atoms with Crippen LogP contribution in [0.15, 0.2) is 30.3 Å². The summed E-state index contributed by atoms with van der Waals surface area (Å²) in [6, 6.07) is 10.5. The lowest BCUT2D eigenvalue weighted by Gasteiger charge is -2.27. The average molecular weight is 333 g/mol. The van der Waals surface area contributed by atoms with Crippen LogP contribution in [-0.4, -0.2) is 29.2 Å². The number of fused-ring (bicyclic) bond motifs is 1. The number of carbonyl (C=O) groups excluding carboxylic acids is 1. The standard InChI is InChI=1S/C17H20N4O.ClH/c22-17(15-9-14(20-21-15)12-5-6-12)19-10-16-13-4-2-1-3-11(13)7-8-18-16;/h1-4,9,12,16,18H,5-8,10H2,(H,19,22)(H,20,21);1H. The zero-order valence-corrected chi connectivity index (χ0v) is 13.7. The molecule has 4 rings (SSSR count). The van der Waals surface area contributed by atoms with Gasteiger partial charge in [-0.15, -0.1) is 12.4 Å². The lowest BCUT2D eigenvalue weighted by molar-refractivity contribution is 0.0944. The second-order valence-electron chi connectivity index (χ2n) is 6.15. The third-order valence-electron chi connectivity index (χ3n) is 4.53. The van der Waals surface area contributed by atoms with E-state index in [1.54, 1.807) is 0 Å². The smallest absolute Gasteiger partial charge is 0.271 e. The number of nitrogens with zero attached hydrogens (tertiary/aromatic N) is 1. The summed E-state index contributed by atoms with van der Waals surface area (Å²) in [5.41, 5.74) is 4.24. The number of benzene rings is 1. The van der Waals surface area contributed by atoms with Crippen molar-refractivity contribution >= 4 is 18.3 Å². The number of aromatic nitrogens is 2. The fourth-order valence-electron chi connectivity index (χ4n) is 3.12. The van der Waals surface area contributed by atoms with Crippen LogP contribution in [0.25, 0.3) is 0 Å².